The van der Waals surface area contributed by atoms with Crippen molar-refractivity contribution in [3.63, 3.8) is 0 Å². The third kappa shape index (κ3) is 11.3. The van der Waals surface area contributed by atoms with Gasteiger partial charge in [0.05, 0.1) is 6.61 Å². The van der Waals surface area contributed by atoms with Gasteiger partial charge in [-0.3, -0.25) is 0 Å². The molecule has 0 radical (unpaired) electrons. The second-order valence-corrected chi connectivity index (χ2v) is 9.67. The minimum atomic E-state index is -0.274. The SMILES string of the molecule is CCOC(=O)C(C)=CC=CC(C)=CC=CC=C(C)C=CC=C(C)C=CC1=C(C)CCCC1(C)C. The van der Waals surface area contributed by atoms with Crippen molar-refractivity contribution in [1.29, 1.82) is 0 Å². The zero-order valence-electron chi connectivity index (χ0n) is 22.6. The summed E-state index contributed by atoms with van der Waals surface area (Å²) in [4.78, 5) is 11.6. The standard InChI is InChI=1S/C32H44O2/c1-9-34-31(33)29(6)20-13-19-26(3)16-11-10-15-25(2)17-12-18-27(4)22-23-30-28(5)21-14-24-32(30,7)8/h10-13,15-20,22-23H,9,14,21,24H2,1-8H3. The quantitative estimate of drug-likeness (QED) is 0.185. The van der Waals surface area contributed by atoms with Gasteiger partial charge in [-0.2, -0.15) is 0 Å². The zero-order chi connectivity index (χ0) is 25.6. The second kappa shape index (κ2) is 15.1. The number of hydrogen-bond acceptors (Lipinski definition) is 2. The predicted molar refractivity (Wildman–Crippen MR) is 149 cm³/mol. The summed E-state index contributed by atoms with van der Waals surface area (Å²) < 4.78 is 4.96. The molecule has 0 heterocycles. The van der Waals surface area contributed by atoms with Crippen molar-refractivity contribution in [1.82, 2.24) is 0 Å². The molecule has 0 aliphatic heterocycles. The Kier molecular flexibility index (Phi) is 13.0. The molecule has 0 spiro atoms. The lowest BCUT2D eigenvalue weighted by Gasteiger charge is -2.32. The third-order valence-electron chi connectivity index (χ3n) is 5.91. The topological polar surface area (TPSA) is 26.3 Å². The summed E-state index contributed by atoms with van der Waals surface area (Å²) >= 11 is 0. The highest BCUT2D eigenvalue weighted by Gasteiger charge is 2.26. The summed E-state index contributed by atoms with van der Waals surface area (Å²) in [5.74, 6) is -0.274. The van der Waals surface area contributed by atoms with Crippen molar-refractivity contribution < 1.29 is 9.53 Å². The van der Waals surface area contributed by atoms with Gasteiger partial charge in [0, 0.05) is 5.57 Å². The molecule has 0 bridgehead atoms. The van der Waals surface area contributed by atoms with Crippen molar-refractivity contribution in [2.24, 2.45) is 5.41 Å². The molecule has 184 valence electrons. The molecule has 0 aromatic carbocycles. The number of carbonyl (C=O) groups excluding carboxylic acids is 1. The fourth-order valence-electron chi connectivity index (χ4n) is 3.82. The molecule has 1 rings (SSSR count). The molecule has 1 aliphatic carbocycles. The van der Waals surface area contributed by atoms with Crippen molar-refractivity contribution in [2.45, 2.75) is 74.7 Å². The van der Waals surface area contributed by atoms with Crippen LogP contribution in [-0.2, 0) is 9.53 Å². The lowest BCUT2D eigenvalue weighted by Crippen LogP contribution is -2.19. The van der Waals surface area contributed by atoms with Gasteiger partial charge >= 0.3 is 5.97 Å². The van der Waals surface area contributed by atoms with E-state index in [-0.39, 0.29) is 11.4 Å². The zero-order valence-corrected chi connectivity index (χ0v) is 22.6. The lowest BCUT2D eigenvalue weighted by atomic mass is 9.72. The normalized spacial score (nSPS) is 18.8. The van der Waals surface area contributed by atoms with Gasteiger partial charge in [0.25, 0.3) is 0 Å². The van der Waals surface area contributed by atoms with Gasteiger partial charge in [-0.15, -0.1) is 0 Å². The van der Waals surface area contributed by atoms with Crippen LogP contribution >= 0.6 is 0 Å². The molecule has 0 aromatic heterocycles. The summed E-state index contributed by atoms with van der Waals surface area (Å²) in [6.07, 6.45) is 28.5. The molecule has 0 atom stereocenters. The summed E-state index contributed by atoms with van der Waals surface area (Å²) in [5.41, 5.74) is 7.44. The first-order valence-corrected chi connectivity index (χ1v) is 12.3. The largest absolute Gasteiger partial charge is 0.463 e. The van der Waals surface area contributed by atoms with E-state index in [0.29, 0.717) is 12.2 Å². The van der Waals surface area contributed by atoms with E-state index in [1.54, 1.807) is 19.9 Å². The second-order valence-electron chi connectivity index (χ2n) is 9.67. The van der Waals surface area contributed by atoms with Gasteiger partial charge in [0.2, 0.25) is 0 Å². The maximum Gasteiger partial charge on any atom is 0.333 e. The van der Waals surface area contributed by atoms with E-state index in [1.165, 1.54) is 41.6 Å². The van der Waals surface area contributed by atoms with E-state index >= 15 is 0 Å². The van der Waals surface area contributed by atoms with Crippen LogP contribution in [0.3, 0.4) is 0 Å². The number of hydrogen-bond donors (Lipinski definition) is 0. The Labute approximate surface area is 208 Å². The van der Waals surface area contributed by atoms with Crippen molar-refractivity contribution in [2.75, 3.05) is 6.61 Å². The smallest absolute Gasteiger partial charge is 0.333 e. The third-order valence-corrected chi connectivity index (χ3v) is 5.91. The fraction of sp³-hybridized carbons (Fsp3) is 0.406. The first-order chi connectivity index (χ1) is 16.1. The van der Waals surface area contributed by atoms with Gasteiger partial charge < -0.3 is 4.74 Å². The molecule has 0 saturated heterocycles. The number of esters is 1. The van der Waals surface area contributed by atoms with Crippen molar-refractivity contribution in [3.8, 4) is 0 Å². The van der Waals surface area contributed by atoms with Crippen LogP contribution in [0.25, 0.3) is 0 Å². The van der Waals surface area contributed by atoms with Gasteiger partial charge in [0.15, 0.2) is 0 Å². The van der Waals surface area contributed by atoms with Crippen LogP contribution in [0.2, 0.25) is 0 Å². The Morgan fingerprint density at radius 1 is 0.853 bits per heavy atom. The van der Waals surface area contributed by atoms with E-state index in [9.17, 15) is 4.79 Å². The van der Waals surface area contributed by atoms with Crippen LogP contribution in [0.5, 0.6) is 0 Å². The van der Waals surface area contributed by atoms with E-state index in [4.69, 9.17) is 4.74 Å². The van der Waals surface area contributed by atoms with Crippen LogP contribution in [0, 0.1) is 5.41 Å². The Balaban J connectivity index is 2.63. The van der Waals surface area contributed by atoms with Gasteiger partial charge in [-0.1, -0.05) is 109 Å². The number of rotatable bonds is 10. The molecule has 0 fully saturated rings. The highest BCUT2D eigenvalue weighted by atomic mass is 16.5. The monoisotopic (exact) mass is 460 g/mol. The Morgan fingerprint density at radius 3 is 1.94 bits per heavy atom. The molecule has 1 aliphatic rings. The van der Waals surface area contributed by atoms with E-state index in [2.05, 4.69) is 71.1 Å². The van der Waals surface area contributed by atoms with E-state index in [0.717, 1.165) is 5.57 Å². The maximum atomic E-state index is 11.6. The Hall–Kier alpha value is -2.87. The van der Waals surface area contributed by atoms with Gasteiger partial charge in [-0.05, 0) is 71.8 Å². The van der Waals surface area contributed by atoms with Crippen LogP contribution in [0.15, 0.2) is 106 Å². The maximum absolute atomic E-state index is 11.6. The minimum Gasteiger partial charge on any atom is -0.463 e. The molecule has 34 heavy (non-hydrogen) atoms. The summed E-state index contributed by atoms with van der Waals surface area (Å²) in [6.45, 7) is 17.2. The van der Waals surface area contributed by atoms with Gasteiger partial charge in [-0.25, -0.2) is 4.79 Å². The highest BCUT2D eigenvalue weighted by Crippen LogP contribution is 2.40. The average Bonchev–Trinajstić information content (AvgIpc) is 2.76. The van der Waals surface area contributed by atoms with E-state index < -0.39 is 0 Å². The molecule has 0 aromatic rings. The molecule has 0 N–H and O–H groups in total. The molecule has 0 amide bonds. The minimum absolute atomic E-state index is 0.274. The first-order valence-electron chi connectivity index (χ1n) is 12.3. The molecule has 2 heteroatoms. The highest BCUT2D eigenvalue weighted by molar-refractivity contribution is 5.88. The first kappa shape index (κ1) is 29.2. The Morgan fingerprint density at radius 2 is 1.38 bits per heavy atom. The van der Waals surface area contributed by atoms with Crippen molar-refractivity contribution >= 4 is 5.97 Å². The number of carbonyl (C=O) groups is 1. The van der Waals surface area contributed by atoms with Crippen LogP contribution in [0.4, 0.5) is 0 Å². The molecule has 2 nitrogen and oxygen atoms in total. The van der Waals surface area contributed by atoms with Crippen LogP contribution < -0.4 is 0 Å². The molecule has 0 saturated carbocycles. The number of allylic oxidation sites excluding steroid dienone is 17. The number of ether oxygens (including phenoxy) is 1. The molecule has 0 unspecified atom stereocenters. The summed E-state index contributed by atoms with van der Waals surface area (Å²) in [6, 6.07) is 0. The van der Waals surface area contributed by atoms with Crippen LogP contribution in [0.1, 0.15) is 74.7 Å². The van der Waals surface area contributed by atoms with Crippen molar-refractivity contribution in [3.05, 3.63) is 106 Å². The fourth-order valence-corrected chi connectivity index (χ4v) is 3.82. The summed E-state index contributed by atoms with van der Waals surface area (Å²) in [7, 11) is 0. The van der Waals surface area contributed by atoms with Gasteiger partial charge in [0.1, 0.15) is 0 Å². The summed E-state index contributed by atoms with van der Waals surface area (Å²) in [5, 5.41) is 0. The average molecular weight is 461 g/mol. The van der Waals surface area contributed by atoms with Crippen LogP contribution in [-0.4, -0.2) is 12.6 Å². The lowest BCUT2D eigenvalue weighted by molar-refractivity contribution is -0.138. The molecular weight excluding hydrogens is 416 g/mol. The Bertz CT molecular complexity index is 966. The predicted octanol–water partition coefficient (Wildman–Crippen LogP) is 9.09. The molecular formula is C32H44O2. The van der Waals surface area contributed by atoms with E-state index in [1.807, 2.05) is 37.3 Å².